The summed E-state index contributed by atoms with van der Waals surface area (Å²) in [7, 11) is 0. The smallest absolute Gasteiger partial charge is 0.193 e. The summed E-state index contributed by atoms with van der Waals surface area (Å²) in [4.78, 5) is 5.38. The number of hydrogen-bond donors (Lipinski definition) is 1. The second kappa shape index (κ2) is 4.74. The molecule has 0 spiro atoms. The summed E-state index contributed by atoms with van der Waals surface area (Å²) in [5.74, 6) is 0.156. The summed E-state index contributed by atoms with van der Waals surface area (Å²) in [5.41, 5.74) is 0.870. The number of imidazole rings is 1. The topological polar surface area (TPSA) is 29.3 Å². The van der Waals surface area contributed by atoms with Crippen LogP contribution in [0.3, 0.4) is 0 Å². The molecule has 0 amide bonds. The number of rotatable bonds is 3. The van der Waals surface area contributed by atoms with Gasteiger partial charge >= 0.3 is 0 Å². The maximum absolute atomic E-state index is 14.1. The molecule has 92 valence electrons. The Morgan fingerprint density at radius 3 is 3.35 bits per heavy atom. The van der Waals surface area contributed by atoms with Crippen LogP contribution in [0.1, 0.15) is 18.5 Å². The molecule has 1 aliphatic heterocycles. The fourth-order valence-electron chi connectivity index (χ4n) is 2.43. The summed E-state index contributed by atoms with van der Waals surface area (Å²) in [5, 5.41) is 5.25. The van der Waals surface area contributed by atoms with Crippen LogP contribution < -0.4 is 5.32 Å². The van der Waals surface area contributed by atoms with Gasteiger partial charge in [-0.3, -0.25) is 4.40 Å². The van der Waals surface area contributed by atoms with Gasteiger partial charge in [0.25, 0.3) is 0 Å². The standard InChI is InChI=1S/C12H16FN3S/c13-11(9-2-1-3-14-7-9)6-10-8-16-4-5-17-12(16)15-10/h4-5,8-9,11,14H,1-3,6-7H2. The highest BCUT2D eigenvalue weighted by Crippen LogP contribution is 2.21. The van der Waals surface area contributed by atoms with Crippen molar-refractivity contribution >= 4 is 16.3 Å². The van der Waals surface area contributed by atoms with Crippen molar-refractivity contribution in [2.24, 2.45) is 5.92 Å². The van der Waals surface area contributed by atoms with E-state index in [9.17, 15) is 4.39 Å². The molecule has 2 aromatic heterocycles. The molecule has 0 aliphatic carbocycles. The molecule has 1 N–H and O–H groups in total. The Labute approximate surface area is 104 Å². The Kier molecular flexibility index (Phi) is 3.11. The lowest BCUT2D eigenvalue weighted by Gasteiger charge is -2.25. The van der Waals surface area contributed by atoms with Gasteiger partial charge in [-0.1, -0.05) is 0 Å². The summed E-state index contributed by atoms with van der Waals surface area (Å²) >= 11 is 1.59. The van der Waals surface area contributed by atoms with Gasteiger partial charge in [-0.15, -0.1) is 11.3 Å². The maximum atomic E-state index is 14.1. The Morgan fingerprint density at radius 2 is 2.59 bits per heavy atom. The second-order valence-electron chi connectivity index (χ2n) is 4.65. The average Bonchev–Trinajstić information content (AvgIpc) is 2.90. The summed E-state index contributed by atoms with van der Waals surface area (Å²) in [6, 6.07) is 0. The zero-order valence-corrected chi connectivity index (χ0v) is 10.4. The van der Waals surface area contributed by atoms with Crippen molar-refractivity contribution in [1.29, 1.82) is 0 Å². The number of aromatic nitrogens is 2. The van der Waals surface area contributed by atoms with Crippen molar-refractivity contribution in [3.05, 3.63) is 23.5 Å². The Morgan fingerprint density at radius 1 is 1.65 bits per heavy atom. The zero-order valence-electron chi connectivity index (χ0n) is 9.60. The third-order valence-corrected chi connectivity index (χ3v) is 4.16. The molecule has 5 heteroatoms. The van der Waals surface area contributed by atoms with Crippen molar-refractivity contribution in [2.45, 2.75) is 25.4 Å². The van der Waals surface area contributed by atoms with Crippen LogP contribution in [-0.4, -0.2) is 28.6 Å². The molecule has 2 aromatic rings. The monoisotopic (exact) mass is 253 g/mol. The average molecular weight is 253 g/mol. The van der Waals surface area contributed by atoms with Crippen LogP contribution in [0.5, 0.6) is 0 Å². The quantitative estimate of drug-likeness (QED) is 0.909. The number of fused-ring (bicyclic) bond motifs is 1. The molecule has 0 aromatic carbocycles. The molecule has 3 nitrogen and oxygen atoms in total. The predicted octanol–water partition coefficient (Wildman–Crippen LogP) is 2.28. The van der Waals surface area contributed by atoms with E-state index in [2.05, 4.69) is 10.3 Å². The molecule has 2 unspecified atom stereocenters. The van der Waals surface area contributed by atoms with E-state index in [4.69, 9.17) is 0 Å². The molecule has 0 bridgehead atoms. The minimum atomic E-state index is -0.771. The van der Waals surface area contributed by atoms with Gasteiger partial charge in [-0.2, -0.15) is 0 Å². The van der Waals surface area contributed by atoms with Crippen molar-refractivity contribution < 1.29 is 4.39 Å². The van der Waals surface area contributed by atoms with Gasteiger partial charge in [-0.05, 0) is 19.4 Å². The fraction of sp³-hybridized carbons (Fsp3) is 0.583. The Hall–Kier alpha value is -0.940. The van der Waals surface area contributed by atoms with Gasteiger partial charge < -0.3 is 5.32 Å². The zero-order chi connectivity index (χ0) is 11.7. The third-order valence-electron chi connectivity index (χ3n) is 3.39. The summed E-state index contributed by atoms with van der Waals surface area (Å²) in [6.45, 7) is 1.84. The van der Waals surface area contributed by atoms with Crippen LogP contribution in [0.4, 0.5) is 4.39 Å². The van der Waals surface area contributed by atoms with Gasteiger partial charge in [0.05, 0.1) is 5.69 Å². The van der Waals surface area contributed by atoms with E-state index in [1.807, 2.05) is 22.2 Å². The third kappa shape index (κ3) is 2.35. The number of piperidine rings is 1. The van der Waals surface area contributed by atoms with Gasteiger partial charge in [0.1, 0.15) is 6.17 Å². The molecule has 17 heavy (non-hydrogen) atoms. The number of nitrogens with zero attached hydrogens (tertiary/aromatic N) is 2. The van der Waals surface area contributed by atoms with E-state index >= 15 is 0 Å². The van der Waals surface area contributed by atoms with Gasteiger partial charge in [0.2, 0.25) is 0 Å². The number of thiazole rings is 1. The van der Waals surface area contributed by atoms with Gasteiger partial charge in [0, 0.05) is 36.7 Å². The highest BCUT2D eigenvalue weighted by molar-refractivity contribution is 7.15. The van der Waals surface area contributed by atoms with Crippen LogP contribution in [0.2, 0.25) is 0 Å². The molecule has 2 atom stereocenters. The number of halogens is 1. The Balaban J connectivity index is 1.67. The molecule has 1 aliphatic rings. The molecule has 0 radical (unpaired) electrons. The first-order valence-electron chi connectivity index (χ1n) is 6.09. The predicted molar refractivity (Wildman–Crippen MR) is 67.3 cm³/mol. The first kappa shape index (κ1) is 11.2. The van der Waals surface area contributed by atoms with Crippen LogP contribution >= 0.6 is 11.3 Å². The summed E-state index contributed by atoms with van der Waals surface area (Å²) in [6.07, 6.45) is 5.66. The van der Waals surface area contributed by atoms with Gasteiger partial charge in [0.15, 0.2) is 4.96 Å². The van der Waals surface area contributed by atoms with Crippen molar-refractivity contribution in [2.75, 3.05) is 13.1 Å². The van der Waals surface area contributed by atoms with Crippen LogP contribution in [0.15, 0.2) is 17.8 Å². The number of hydrogen-bond acceptors (Lipinski definition) is 3. The van der Waals surface area contributed by atoms with E-state index in [1.165, 1.54) is 0 Å². The lowest BCUT2D eigenvalue weighted by molar-refractivity contribution is 0.190. The molecule has 3 heterocycles. The molecule has 3 rings (SSSR count). The first-order valence-corrected chi connectivity index (χ1v) is 6.97. The van der Waals surface area contributed by atoms with Crippen molar-refractivity contribution in [3.63, 3.8) is 0 Å². The molecular formula is C12H16FN3S. The van der Waals surface area contributed by atoms with E-state index < -0.39 is 6.17 Å². The van der Waals surface area contributed by atoms with E-state index in [1.54, 1.807) is 11.3 Å². The lowest BCUT2D eigenvalue weighted by Crippen LogP contribution is -2.35. The molecular weight excluding hydrogens is 237 g/mol. The largest absolute Gasteiger partial charge is 0.316 e. The molecule has 1 fully saturated rings. The maximum Gasteiger partial charge on any atom is 0.193 e. The highest BCUT2D eigenvalue weighted by Gasteiger charge is 2.24. The normalized spacial score (nSPS) is 23.0. The minimum Gasteiger partial charge on any atom is -0.316 e. The van der Waals surface area contributed by atoms with Crippen LogP contribution in [-0.2, 0) is 6.42 Å². The molecule has 1 saturated heterocycles. The molecule has 0 saturated carbocycles. The van der Waals surface area contributed by atoms with Crippen LogP contribution in [0.25, 0.3) is 4.96 Å². The van der Waals surface area contributed by atoms with Crippen LogP contribution in [0, 0.1) is 5.92 Å². The number of alkyl halides is 1. The van der Waals surface area contributed by atoms with E-state index in [0.29, 0.717) is 6.42 Å². The SMILES string of the molecule is FC(Cc1cn2ccsc2n1)C1CCCNC1. The Bertz CT molecular complexity index is 458. The summed E-state index contributed by atoms with van der Waals surface area (Å²) < 4.78 is 16.1. The number of nitrogens with one attached hydrogen (secondary N) is 1. The van der Waals surface area contributed by atoms with E-state index in [0.717, 1.165) is 36.6 Å². The minimum absolute atomic E-state index is 0.156. The van der Waals surface area contributed by atoms with E-state index in [-0.39, 0.29) is 5.92 Å². The van der Waals surface area contributed by atoms with Crippen molar-refractivity contribution in [3.8, 4) is 0 Å². The second-order valence-corrected chi connectivity index (χ2v) is 5.52. The van der Waals surface area contributed by atoms with Crippen molar-refractivity contribution in [1.82, 2.24) is 14.7 Å². The lowest BCUT2D eigenvalue weighted by atomic mass is 9.92. The fourth-order valence-corrected chi connectivity index (χ4v) is 3.15. The first-order chi connectivity index (χ1) is 8.33. The van der Waals surface area contributed by atoms with Gasteiger partial charge in [-0.25, -0.2) is 9.37 Å². The highest BCUT2D eigenvalue weighted by atomic mass is 32.1.